The van der Waals surface area contributed by atoms with Crippen molar-refractivity contribution in [1.29, 1.82) is 0 Å². The number of hydrogen-bond donors (Lipinski definition) is 1. The van der Waals surface area contributed by atoms with Crippen molar-refractivity contribution in [1.82, 2.24) is 9.13 Å². The van der Waals surface area contributed by atoms with Crippen LogP contribution in [0.4, 0.5) is 5.00 Å². The number of aromatic nitrogens is 2. The molecule has 0 aliphatic carbocycles. The zero-order chi connectivity index (χ0) is 23.4. The Morgan fingerprint density at radius 2 is 1.81 bits per heavy atom. The maximum absolute atomic E-state index is 12.7. The molecule has 0 spiro atoms. The van der Waals surface area contributed by atoms with E-state index in [0.717, 1.165) is 20.9 Å². The number of rotatable bonds is 7. The van der Waals surface area contributed by atoms with E-state index in [0.29, 0.717) is 22.9 Å². The number of carbonyl (C=O) groups excluding carboxylic acids is 1. The summed E-state index contributed by atoms with van der Waals surface area (Å²) in [6.07, 6.45) is 1.15. The molecule has 3 aromatic rings. The number of aromatic hydroxyl groups is 1. The lowest BCUT2D eigenvalue weighted by molar-refractivity contribution is 0.0529. The highest BCUT2D eigenvalue weighted by atomic mass is 32.1. The number of ether oxygens (including phenoxy) is 2. The number of hydrogen-bond acceptors (Lipinski definition) is 8. The highest BCUT2D eigenvalue weighted by molar-refractivity contribution is 7.14. The molecule has 0 radical (unpaired) electrons. The minimum Gasteiger partial charge on any atom is -0.494 e. The quantitative estimate of drug-likeness (QED) is 0.431. The molecule has 0 amide bonds. The van der Waals surface area contributed by atoms with Crippen LogP contribution in [-0.4, -0.2) is 39.6 Å². The second kappa shape index (κ2) is 9.65. The SMILES string of the molecule is CCOC(=O)c1c(-c2ccc(OCC)cc2)csc1N=Cc1c(O)n(C)c(=O)n(C)c1=O. The van der Waals surface area contributed by atoms with Crippen LogP contribution in [0.2, 0.25) is 0 Å². The highest BCUT2D eigenvalue weighted by Crippen LogP contribution is 2.38. The third-order valence-corrected chi connectivity index (χ3v) is 5.59. The van der Waals surface area contributed by atoms with Crippen LogP contribution in [0, 0.1) is 0 Å². The zero-order valence-electron chi connectivity index (χ0n) is 18.1. The molecule has 1 aromatic carbocycles. The summed E-state index contributed by atoms with van der Waals surface area (Å²) in [6, 6.07) is 7.27. The van der Waals surface area contributed by atoms with Gasteiger partial charge in [0.25, 0.3) is 5.56 Å². The minimum atomic E-state index is -0.699. The number of esters is 1. The lowest BCUT2D eigenvalue weighted by Crippen LogP contribution is -2.38. The average Bonchev–Trinajstić information content (AvgIpc) is 3.21. The van der Waals surface area contributed by atoms with E-state index in [-0.39, 0.29) is 17.7 Å². The maximum Gasteiger partial charge on any atom is 0.341 e. The van der Waals surface area contributed by atoms with Crippen molar-refractivity contribution in [2.24, 2.45) is 19.1 Å². The summed E-state index contributed by atoms with van der Waals surface area (Å²) < 4.78 is 12.5. The molecule has 1 N–H and O–H groups in total. The molecule has 0 saturated carbocycles. The molecule has 0 unspecified atom stereocenters. The molecule has 2 heterocycles. The monoisotopic (exact) mass is 457 g/mol. The number of carbonyl (C=O) groups is 1. The first kappa shape index (κ1) is 23.0. The van der Waals surface area contributed by atoms with E-state index >= 15 is 0 Å². The largest absolute Gasteiger partial charge is 0.494 e. The average molecular weight is 458 g/mol. The fraction of sp³-hybridized carbons (Fsp3) is 0.273. The summed E-state index contributed by atoms with van der Waals surface area (Å²) >= 11 is 1.19. The van der Waals surface area contributed by atoms with Gasteiger partial charge in [-0.15, -0.1) is 11.3 Å². The van der Waals surface area contributed by atoms with E-state index in [1.54, 1.807) is 24.4 Å². The summed E-state index contributed by atoms with van der Waals surface area (Å²) in [5.74, 6) is -0.353. The van der Waals surface area contributed by atoms with E-state index in [2.05, 4.69) is 4.99 Å². The van der Waals surface area contributed by atoms with Crippen LogP contribution < -0.4 is 16.0 Å². The zero-order valence-corrected chi connectivity index (χ0v) is 18.9. The fourth-order valence-corrected chi connectivity index (χ4v) is 3.96. The maximum atomic E-state index is 12.7. The molecule has 0 saturated heterocycles. The Labute approximate surface area is 187 Å². The molecule has 0 atom stereocenters. The standard InChI is InChI=1S/C22H23N3O6S/c1-5-30-14-9-7-13(8-10-14)16-12-32-18(17(16)21(28)31-6-2)23-11-15-19(26)24(3)22(29)25(4)20(15)27/h7-12,26H,5-6H2,1-4H3. The molecule has 0 bridgehead atoms. The molecular weight excluding hydrogens is 434 g/mol. The fourth-order valence-electron chi connectivity index (χ4n) is 3.05. The van der Waals surface area contributed by atoms with E-state index in [1.165, 1.54) is 25.4 Å². The van der Waals surface area contributed by atoms with Gasteiger partial charge < -0.3 is 14.6 Å². The smallest absolute Gasteiger partial charge is 0.341 e. The molecular formula is C22H23N3O6S. The van der Waals surface area contributed by atoms with Crippen molar-refractivity contribution in [2.45, 2.75) is 13.8 Å². The second-order valence-corrected chi connectivity index (χ2v) is 7.57. The van der Waals surface area contributed by atoms with Crippen molar-refractivity contribution >= 4 is 28.5 Å². The van der Waals surface area contributed by atoms with Crippen molar-refractivity contribution in [3.05, 3.63) is 61.6 Å². The first-order valence-corrected chi connectivity index (χ1v) is 10.7. The normalized spacial score (nSPS) is 11.1. The summed E-state index contributed by atoms with van der Waals surface area (Å²) in [7, 11) is 2.65. The molecule has 9 nitrogen and oxygen atoms in total. The van der Waals surface area contributed by atoms with E-state index in [1.807, 2.05) is 19.1 Å². The van der Waals surface area contributed by atoms with Gasteiger partial charge in [-0.05, 0) is 31.5 Å². The summed E-state index contributed by atoms with van der Waals surface area (Å²) in [5, 5.41) is 12.3. The van der Waals surface area contributed by atoms with Crippen molar-refractivity contribution in [3.63, 3.8) is 0 Å². The molecule has 0 fully saturated rings. The Morgan fingerprint density at radius 3 is 2.44 bits per heavy atom. The molecule has 168 valence electrons. The number of nitrogens with zero attached hydrogens (tertiary/aromatic N) is 3. The lowest BCUT2D eigenvalue weighted by atomic mass is 10.0. The van der Waals surface area contributed by atoms with Gasteiger partial charge in [0.05, 0.1) is 13.2 Å². The highest BCUT2D eigenvalue weighted by Gasteiger charge is 2.22. The van der Waals surface area contributed by atoms with Gasteiger partial charge in [-0.2, -0.15) is 0 Å². The van der Waals surface area contributed by atoms with Crippen LogP contribution >= 0.6 is 11.3 Å². The van der Waals surface area contributed by atoms with Crippen molar-refractivity contribution < 1.29 is 19.4 Å². The third-order valence-electron chi connectivity index (χ3n) is 4.71. The van der Waals surface area contributed by atoms with Crippen LogP contribution in [0.25, 0.3) is 11.1 Å². The molecule has 3 rings (SSSR count). The van der Waals surface area contributed by atoms with Crippen LogP contribution in [0.3, 0.4) is 0 Å². The molecule has 2 aromatic heterocycles. The van der Waals surface area contributed by atoms with Gasteiger partial charge in [0.15, 0.2) is 0 Å². The Bertz CT molecular complexity index is 1280. The van der Waals surface area contributed by atoms with E-state index in [4.69, 9.17) is 9.47 Å². The molecule has 32 heavy (non-hydrogen) atoms. The Kier molecular flexibility index (Phi) is 6.94. The lowest BCUT2D eigenvalue weighted by Gasteiger charge is -2.08. The van der Waals surface area contributed by atoms with Gasteiger partial charge in [0, 0.05) is 31.3 Å². The van der Waals surface area contributed by atoms with Crippen LogP contribution in [-0.2, 0) is 18.8 Å². The minimum absolute atomic E-state index is 0.166. The summed E-state index contributed by atoms with van der Waals surface area (Å²) in [4.78, 5) is 41.3. The summed E-state index contributed by atoms with van der Waals surface area (Å²) in [6.45, 7) is 4.33. The third kappa shape index (κ3) is 4.35. The second-order valence-electron chi connectivity index (χ2n) is 6.71. The van der Waals surface area contributed by atoms with E-state index < -0.39 is 23.1 Å². The predicted molar refractivity (Wildman–Crippen MR) is 123 cm³/mol. The first-order valence-electron chi connectivity index (χ1n) is 9.84. The van der Waals surface area contributed by atoms with Gasteiger partial charge in [0.2, 0.25) is 5.88 Å². The predicted octanol–water partition coefficient (Wildman–Crippen LogP) is 2.84. The number of aliphatic imine (C=N–C) groups is 1. The topological polar surface area (TPSA) is 112 Å². The number of thiophene rings is 1. The Morgan fingerprint density at radius 1 is 1.12 bits per heavy atom. The molecule has 0 aliphatic rings. The van der Waals surface area contributed by atoms with Crippen molar-refractivity contribution in [3.8, 4) is 22.8 Å². The van der Waals surface area contributed by atoms with Crippen LogP contribution in [0.15, 0.2) is 44.2 Å². The van der Waals surface area contributed by atoms with E-state index in [9.17, 15) is 19.5 Å². The van der Waals surface area contributed by atoms with Gasteiger partial charge in [0.1, 0.15) is 21.9 Å². The van der Waals surface area contributed by atoms with Gasteiger partial charge in [-0.25, -0.2) is 14.6 Å². The Balaban J connectivity index is 2.09. The summed E-state index contributed by atoms with van der Waals surface area (Å²) in [5.41, 5.74) is 0.122. The van der Waals surface area contributed by atoms with Gasteiger partial charge >= 0.3 is 11.7 Å². The molecule has 0 aliphatic heterocycles. The van der Waals surface area contributed by atoms with Crippen molar-refractivity contribution in [2.75, 3.05) is 13.2 Å². The Hall–Kier alpha value is -3.66. The van der Waals surface area contributed by atoms with Crippen LogP contribution in [0.5, 0.6) is 11.6 Å². The van der Waals surface area contributed by atoms with Crippen LogP contribution in [0.1, 0.15) is 29.8 Å². The molecule has 10 heteroatoms. The van der Waals surface area contributed by atoms with Gasteiger partial charge in [-0.1, -0.05) is 12.1 Å². The first-order chi connectivity index (χ1) is 15.3. The van der Waals surface area contributed by atoms with Gasteiger partial charge in [-0.3, -0.25) is 13.9 Å². The number of benzene rings is 1.